The van der Waals surface area contributed by atoms with Gasteiger partial charge < -0.3 is 15.0 Å². The van der Waals surface area contributed by atoms with Crippen molar-refractivity contribution in [3.8, 4) is 5.75 Å². The number of likely N-dealkylation sites (tertiary alicyclic amines) is 1. The zero-order valence-electron chi connectivity index (χ0n) is 16.2. The van der Waals surface area contributed by atoms with E-state index in [0.29, 0.717) is 23.9 Å². The van der Waals surface area contributed by atoms with E-state index in [1.165, 1.54) is 30.6 Å². The summed E-state index contributed by atoms with van der Waals surface area (Å²) in [6, 6.07) is 7.29. The molecule has 1 fully saturated rings. The number of carbonyl (C=O) groups excluding carboxylic acids is 1. The Kier molecular flexibility index (Phi) is 6.07. The number of hydrogen-bond donors (Lipinski definition) is 1. The summed E-state index contributed by atoms with van der Waals surface area (Å²) in [6.45, 7) is 0.523. The highest BCUT2D eigenvalue weighted by molar-refractivity contribution is 5.78. The Morgan fingerprint density at radius 1 is 1.17 bits per heavy atom. The van der Waals surface area contributed by atoms with Gasteiger partial charge in [0.25, 0.3) is 5.91 Å². The van der Waals surface area contributed by atoms with Crippen LogP contribution in [0.15, 0.2) is 55.2 Å². The average molecular weight is 408 g/mol. The maximum absolute atomic E-state index is 13.0. The SMILES string of the molecule is O=C(COc1ccc(F)cc1)N1CCCCC1c1ccnc(Nc2cncnc2)n1. The van der Waals surface area contributed by atoms with E-state index < -0.39 is 0 Å². The third kappa shape index (κ3) is 4.86. The molecule has 0 bridgehead atoms. The Morgan fingerprint density at radius 2 is 1.97 bits per heavy atom. The lowest BCUT2D eigenvalue weighted by molar-refractivity contribution is -0.137. The molecule has 0 radical (unpaired) electrons. The summed E-state index contributed by atoms with van der Waals surface area (Å²) >= 11 is 0. The van der Waals surface area contributed by atoms with Crippen LogP contribution in [-0.4, -0.2) is 43.9 Å². The number of hydrogen-bond acceptors (Lipinski definition) is 7. The second-order valence-electron chi connectivity index (χ2n) is 6.90. The van der Waals surface area contributed by atoms with Gasteiger partial charge in [-0.15, -0.1) is 0 Å². The van der Waals surface area contributed by atoms with Crippen molar-refractivity contribution in [3.63, 3.8) is 0 Å². The fourth-order valence-electron chi connectivity index (χ4n) is 3.41. The van der Waals surface area contributed by atoms with Crippen LogP contribution < -0.4 is 10.1 Å². The van der Waals surface area contributed by atoms with E-state index in [1.54, 1.807) is 23.5 Å². The summed E-state index contributed by atoms with van der Waals surface area (Å²) < 4.78 is 18.6. The number of nitrogens with one attached hydrogen (secondary N) is 1. The number of nitrogens with zero attached hydrogens (tertiary/aromatic N) is 5. The van der Waals surface area contributed by atoms with Crippen molar-refractivity contribution in [2.24, 2.45) is 0 Å². The van der Waals surface area contributed by atoms with Gasteiger partial charge in [-0.1, -0.05) is 0 Å². The molecule has 0 spiro atoms. The van der Waals surface area contributed by atoms with Gasteiger partial charge in [0.15, 0.2) is 6.61 Å². The molecule has 3 heterocycles. The molecule has 9 heteroatoms. The molecule has 3 aromatic rings. The van der Waals surface area contributed by atoms with Crippen molar-refractivity contribution in [1.29, 1.82) is 0 Å². The number of anilines is 2. The molecule has 1 saturated heterocycles. The van der Waals surface area contributed by atoms with Crippen molar-refractivity contribution in [3.05, 3.63) is 66.8 Å². The van der Waals surface area contributed by atoms with Gasteiger partial charge in [-0.25, -0.2) is 24.3 Å². The summed E-state index contributed by atoms with van der Waals surface area (Å²) in [6.07, 6.45) is 9.12. The quantitative estimate of drug-likeness (QED) is 0.669. The van der Waals surface area contributed by atoms with Gasteiger partial charge in [-0.05, 0) is 49.6 Å². The Morgan fingerprint density at radius 3 is 2.77 bits per heavy atom. The Labute approximate surface area is 173 Å². The van der Waals surface area contributed by atoms with Crippen LogP contribution in [0.3, 0.4) is 0 Å². The molecule has 154 valence electrons. The summed E-state index contributed by atoms with van der Waals surface area (Å²) in [4.78, 5) is 31.4. The van der Waals surface area contributed by atoms with E-state index in [0.717, 1.165) is 25.0 Å². The third-order valence-corrected chi connectivity index (χ3v) is 4.83. The summed E-state index contributed by atoms with van der Waals surface area (Å²) in [5.74, 6) is 0.397. The minimum Gasteiger partial charge on any atom is -0.484 e. The second-order valence-corrected chi connectivity index (χ2v) is 6.90. The number of piperidine rings is 1. The lowest BCUT2D eigenvalue weighted by Crippen LogP contribution is -2.41. The molecule has 1 aliphatic heterocycles. The molecule has 1 aromatic carbocycles. The van der Waals surface area contributed by atoms with Gasteiger partial charge in [-0.3, -0.25) is 4.79 Å². The topological polar surface area (TPSA) is 93.1 Å². The molecule has 0 aliphatic carbocycles. The molecule has 1 amide bonds. The van der Waals surface area contributed by atoms with Crippen molar-refractivity contribution < 1.29 is 13.9 Å². The largest absolute Gasteiger partial charge is 0.484 e. The summed E-state index contributed by atoms with van der Waals surface area (Å²) in [5, 5.41) is 3.07. The van der Waals surface area contributed by atoms with E-state index in [-0.39, 0.29) is 24.4 Å². The molecule has 1 atom stereocenters. The van der Waals surface area contributed by atoms with Crippen LogP contribution in [0.5, 0.6) is 5.75 Å². The van der Waals surface area contributed by atoms with Gasteiger partial charge in [-0.2, -0.15) is 0 Å². The first-order chi connectivity index (χ1) is 14.7. The van der Waals surface area contributed by atoms with Gasteiger partial charge in [0.1, 0.15) is 17.9 Å². The van der Waals surface area contributed by atoms with Crippen LogP contribution in [0.2, 0.25) is 0 Å². The number of ether oxygens (including phenoxy) is 1. The van der Waals surface area contributed by atoms with E-state index in [1.807, 2.05) is 6.07 Å². The molecule has 1 aliphatic rings. The minimum atomic E-state index is -0.347. The van der Waals surface area contributed by atoms with Crippen molar-refractivity contribution in [1.82, 2.24) is 24.8 Å². The van der Waals surface area contributed by atoms with E-state index in [2.05, 4.69) is 25.3 Å². The molecule has 1 unspecified atom stereocenters. The predicted octanol–water partition coefficient (Wildman–Crippen LogP) is 3.28. The molecule has 0 saturated carbocycles. The highest BCUT2D eigenvalue weighted by Crippen LogP contribution is 2.30. The zero-order valence-corrected chi connectivity index (χ0v) is 16.2. The Hall–Kier alpha value is -3.62. The van der Waals surface area contributed by atoms with E-state index in [9.17, 15) is 9.18 Å². The summed E-state index contributed by atoms with van der Waals surface area (Å²) in [7, 11) is 0. The Bertz CT molecular complexity index is 986. The number of halogens is 1. The van der Waals surface area contributed by atoms with Crippen LogP contribution in [0.1, 0.15) is 31.0 Å². The second kappa shape index (κ2) is 9.25. The average Bonchev–Trinajstić information content (AvgIpc) is 2.79. The highest BCUT2D eigenvalue weighted by atomic mass is 19.1. The number of rotatable bonds is 6. The van der Waals surface area contributed by atoms with Gasteiger partial charge in [0, 0.05) is 12.7 Å². The standard InChI is InChI=1S/C21H21FN6O2/c22-15-4-6-17(7-5-15)30-13-20(29)28-10-2-1-3-19(28)18-8-9-25-21(27-18)26-16-11-23-14-24-12-16/h4-9,11-12,14,19H,1-3,10,13H2,(H,25,26,27). The van der Waals surface area contributed by atoms with Gasteiger partial charge in [0.05, 0.1) is 29.8 Å². The molecule has 4 rings (SSSR count). The first kappa shape index (κ1) is 19.7. The molecule has 8 nitrogen and oxygen atoms in total. The van der Waals surface area contributed by atoms with Crippen LogP contribution in [-0.2, 0) is 4.79 Å². The van der Waals surface area contributed by atoms with Crippen LogP contribution in [0.25, 0.3) is 0 Å². The van der Waals surface area contributed by atoms with E-state index in [4.69, 9.17) is 4.74 Å². The first-order valence-electron chi connectivity index (χ1n) is 9.72. The fourth-order valence-corrected chi connectivity index (χ4v) is 3.41. The molecule has 1 N–H and O–H groups in total. The predicted molar refractivity (Wildman–Crippen MR) is 108 cm³/mol. The van der Waals surface area contributed by atoms with Crippen LogP contribution >= 0.6 is 0 Å². The maximum atomic E-state index is 13.0. The lowest BCUT2D eigenvalue weighted by Gasteiger charge is -2.35. The highest BCUT2D eigenvalue weighted by Gasteiger charge is 2.29. The number of carbonyl (C=O) groups is 1. The normalized spacial score (nSPS) is 16.2. The minimum absolute atomic E-state index is 0.111. The number of benzene rings is 1. The van der Waals surface area contributed by atoms with Crippen molar-refractivity contribution >= 4 is 17.5 Å². The van der Waals surface area contributed by atoms with E-state index >= 15 is 0 Å². The molecule has 2 aromatic heterocycles. The smallest absolute Gasteiger partial charge is 0.261 e. The molecular weight excluding hydrogens is 387 g/mol. The maximum Gasteiger partial charge on any atom is 0.261 e. The molecular formula is C21H21FN6O2. The first-order valence-corrected chi connectivity index (χ1v) is 9.72. The van der Waals surface area contributed by atoms with Crippen LogP contribution in [0.4, 0.5) is 16.0 Å². The van der Waals surface area contributed by atoms with Gasteiger partial charge >= 0.3 is 0 Å². The van der Waals surface area contributed by atoms with Gasteiger partial charge in [0.2, 0.25) is 5.95 Å². The number of amides is 1. The lowest BCUT2D eigenvalue weighted by atomic mass is 9.99. The fraction of sp³-hybridized carbons (Fsp3) is 0.286. The van der Waals surface area contributed by atoms with Crippen LogP contribution in [0, 0.1) is 5.82 Å². The Balaban J connectivity index is 1.45. The van der Waals surface area contributed by atoms with Crippen molar-refractivity contribution in [2.75, 3.05) is 18.5 Å². The monoisotopic (exact) mass is 408 g/mol. The molecule has 30 heavy (non-hydrogen) atoms. The number of aromatic nitrogens is 4. The van der Waals surface area contributed by atoms with Crippen molar-refractivity contribution in [2.45, 2.75) is 25.3 Å². The zero-order chi connectivity index (χ0) is 20.8. The summed E-state index contributed by atoms with van der Waals surface area (Å²) in [5.41, 5.74) is 1.44. The third-order valence-electron chi connectivity index (χ3n) is 4.83.